The highest BCUT2D eigenvalue weighted by Crippen LogP contribution is 2.30. The minimum Gasteiger partial charge on any atom is -0.490 e. The minimum atomic E-state index is -0.198. The zero-order chi connectivity index (χ0) is 18.9. The van der Waals surface area contributed by atoms with Crippen molar-refractivity contribution in [2.24, 2.45) is 5.92 Å². The number of rotatable bonds is 9. The van der Waals surface area contributed by atoms with Crippen molar-refractivity contribution in [1.29, 1.82) is 0 Å². The molecule has 1 fully saturated rings. The van der Waals surface area contributed by atoms with E-state index in [1.165, 1.54) is 0 Å². The summed E-state index contributed by atoms with van der Waals surface area (Å²) in [6.45, 7) is 6.86. The molecule has 1 atom stereocenters. The molecule has 0 heterocycles. The summed E-state index contributed by atoms with van der Waals surface area (Å²) < 4.78 is 11.2. The van der Waals surface area contributed by atoms with Gasteiger partial charge in [0.25, 0.3) is 0 Å². The Bertz CT molecular complexity index is 612. The van der Waals surface area contributed by atoms with Crippen molar-refractivity contribution in [2.75, 3.05) is 19.8 Å². The smallest absolute Gasteiger partial charge is 0.239 e. The van der Waals surface area contributed by atoms with Crippen LogP contribution in [0.15, 0.2) is 18.2 Å². The largest absolute Gasteiger partial charge is 0.490 e. The summed E-state index contributed by atoms with van der Waals surface area (Å²) in [5.41, 5.74) is 0.923. The molecule has 1 aromatic rings. The monoisotopic (exact) mass is 362 g/mol. The predicted octanol–water partition coefficient (Wildman–Crippen LogP) is 2.97. The summed E-state index contributed by atoms with van der Waals surface area (Å²) >= 11 is 0. The van der Waals surface area contributed by atoms with Crippen molar-refractivity contribution >= 4 is 11.8 Å². The van der Waals surface area contributed by atoms with Gasteiger partial charge in [-0.05, 0) is 51.3 Å². The van der Waals surface area contributed by atoms with Gasteiger partial charge in [-0.15, -0.1) is 0 Å². The number of carbonyl (C=O) groups excluding carboxylic acids is 2. The van der Waals surface area contributed by atoms with E-state index >= 15 is 0 Å². The topological polar surface area (TPSA) is 76.7 Å². The van der Waals surface area contributed by atoms with E-state index in [1.54, 1.807) is 0 Å². The van der Waals surface area contributed by atoms with Crippen LogP contribution in [-0.4, -0.2) is 31.6 Å². The van der Waals surface area contributed by atoms with Gasteiger partial charge in [-0.2, -0.15) is 0 Å². The van der Waals surface area contributed by atoms with Crippen LogP contribution in [0, 0.1) is 5.92 Å². The van der Waals surface area contributed by atoms with Crippen LogP contribution in [0.1, 0.15) is 58.1 Å². The number of hydrogen-bond acceptors (Lipinski definition) is 4. The Morgan fingerprint density at radius 2 is 1.77 bits per heavy atom. The van der Waals surface area contributed by atoms with E-state index in [4.69, 9.17) is 9.47 Å². The third kappa shape index (κ3) is 5.64. The molecule has 26 heavy (non-hydrogen) atoms. The SMILES string of the molecule is CCOc1ccc(C(C)NC(=O)CNC(=O)C2CCCC2)cc1OCC. The highest BCUT2D eigenvalue weighted by atomic mass is 16.5. The first-order chi connectivity index (χ1) is 12.5. The van der Waals surface area contributed by atoms with Crippen molar-refractivity contribution < 1.29 is 19.1 Å². The molecule has 0 aromatic heterocycles. The second-order valence-electron chi connectivity index (χ2n) is 6.56. The lowest BCUT2D eigenvalue weighted by molar-refractivity contribution is -0.128. The fourth-order valence-electron chi connectivity index (χ4n) is 3.21. The zero-order valence-corrected chi connectivity index (χ0v) is 16.0. The van der Waals surface area contributed by atoms with Gasteiger partial charge >= 0.3 is 0 Å². The average molecular weight is 362 g/mol. The Hall–Kier alpha value is -2.24. The van der Waals surface area contributed by atoms with E-state index in [0.717, 1.165) is 31.2 Å². The summed E-state index contributed by atoms with van der Waals surface area (Å²) in [5.74, 6) is 1.23. The quantitative estimate of drug-likeness (QED) is 0.708. The Labute approximate surface area is 155 Å². The lowest BCUT2D eigenvalue weighted by atomic mass is 10.1. The van der Waals surface area contributed by atoms with E-state index in [1.807, 2.05) is 39.0 Å². The van der Waals surface area contributed by atoms with Gasteiger partial charge in [-0.1, -0.05) is 18.9 Å². The summed E-state index contributed by atoms with van der Waals surface area (Å²) in [6.07, 6.45) is 4.05. The molecule has 0 aliphatic heterocycles. The number of carbonyl (C=O) groups is 2. The van der Waals surface area contributed by atoms with Crippen molar-refractivity contribution in [3.8, 4) is 11.5 Å². The van der Waals surface area contributed by atoms with Gasteiger partial charge in [-0.25, -0.2) is 0 Å². The Morgan fingerprint density at radius 3 is 2.42 bits per heavy atom. The molecule has 6 heteroatoms. The molecule has 2 N–H and O–H groups in total. The van der Waals surface area contributed by atoms with E-state index < -0.39 is 0 Å². The second-order valence-corrected chi connectivity index (χ2v) is 6.56. The van der Waals surface area contributed by atoms with Crippen LogP contribution in [0.5, 0.6) is 11.5 Å². The lowest BCUT2D eigenvalue weighted by Gasteiger charge is -2.18. The van der Waals surface area contributed by atoms with Crippen molar-refractivity contribution in [3.63, 3.8) is 0 Å². The molecule has 144 valence electrons. The van der Waals surface area contributed by atoms with Crippen LogP contribution >= 0.6 is 0 Å². The molecular weight excluding hydrogens is 332 g/mol. The van der Waals surface area contributed by atoms with E-state index in [-0.39, 0.29) is 30.3 Å². The van der Waals surface area contributed by atoms with Gasteiger partial charge < -0.3 is 20.1 Å². The van der Waals surface area contributed by atoms with Gasteiger partial charge in [0.2, 0.25) is 11.8 Å². The van der Waals surface area contributed by atoms with Crippen molar-refractivity contribution in [1.82, 2.24) is 10.6 Å². The zero-order valence-electron chi connectivity index (χ0n) is 16.0. The van der Waals surface area contributed by atoms with Crippen molar-refractivity contribution in [3.05, 3.63) is 23.8 Å². The molecule has 6 nitrogen and oxygen atoms in total. The fourth-order valence-corrected chi connectivity index (χ4v) is 3.21. The Balaban J connectivity index is 1.89. The molecule has 1 saturated carbocycles. The first-order valence-corrected chi connectivity index (χ1v) is 9.51. The van der Waals surface area contributed by atoms with Gasteiger partial charge in [0, 0.05) is 5.92 Å². The van der Waals surface area contributed by atoms with Gasteiger partial charge in [-0.3, -0.25) is 9.59 Å². The normalized spacial score (nSPS) is 15.3. The summed E-state index contributed by atoms with van der Waals surface area (Å²) in [5, 5.41) is 5.66. The van der Waals surface area contributed by atoms with Crippen LogP contribution < -0.4 is 20.1 Å². The highest BCUT2D eigenvalue weighted by molar-refractivity contribution is 5.86. The lowest BCUT2D eigenvalue weighted by Crippen LogP contribution is -2.39. The number of benzene rings is 1. The van der Waals surface area contributed by atoms with Crippen molar-refractivity contribution in [2.45, 2.75) is 52.5 Å². The molecule has 0 saturated heterocycles. The molecule has 2 amide bonds. The summed E-state index contributed by atoms with van der Waals surface area (Å²) in [6, 6.07) is 5.46. The molecule has 2 rings (SSSR count). The second kappa shape index (κ2) is 10.0. The molecule has 0 radical (unpaired) electrons. The maximum atomic E-state index is 12.1. The molecule has 1 aliphatic rings. The van der Waals surface area contributed by atoms with Crippen LogP contribution in [0.2, 0.25) is 0 Å². The molecular formula is C20H30N2O4. The van der Waals surface area contributed by atoms with Gasteiger partial charge in [0.15, 0.2) is 11.5 Å². The molecule has 0 bridgehead atoms. The van der Waals surface area contributed by atoms with E-state index in [0.29, 0.717) is 24.7 Å². The molecule has 1 unspecified atom stereocenters. The van der Waals surface area contributed by atoms with Crippen LogP contribution in [0.4, 0.5) is 0 Å². The van der Waals surface area contributed by atoms with E-state index in [2.05, 4.69) is 10.6 Å². The number of ether oxygens (including phenoxy) is 2. The molecule has 1 aromatic carbocycles. The minimum absolute atomic E-state index is 0.00895. The molecule has 1 aliphatic carbocycles. The summed E-state index contributed by atoms with van der Waals surface area (Å²) in [4.78, 5) is 24.1. The van der Waals surface area contributed by atoms with Gasteiger partial charge in [0.1, 0.15) is 0 Å². The van der Waals surface area contributed by atoms with Crippen LogP contribution in [0.25, 0.3) is 0 Å². The maximum Gasteiger partial charge on any atom is 0.239 e. The Kier molecular flexibility index (Phi) is 7.75. The molecule has 0 spiro atoms. The third-order valence-electron chi connectivity index (χ3n) is 4.59. The standard InChI is InChI=1S/C20H30N2O4/c1-4-25-17-11-10-16(12-18(17)26-5-2)14(3)22-19(23)13-21-20(24)15-8-6-7-9-15/h10-12,14-15H,4-9,13H2,1-3H3,(H,21,24)(H,22,23). The third-order valence-corrected chi connectivity index (χ3v) is 4.59. The maximum absolute atomic E-state index is 12.1. The van der Waals surface area contributed by atoms with Crippen LogP contribution in [0.3, 0.4) is 0 Å². The number of nitrogens with one attached hydrogen (secondary N) is 2. The average Bonchev–Trinajstić information content (AvgIpc) is 3.16. The first kappa shape index (κ1) is 20.1. The number of amides is 2. The highest BCUT2D eigenvalue weighted by Gasteiger charge is 2.23. The predicted molar refractivity (Wildman–Crippen MR) is 100 cm³/mol. The first-order valence-electron chi connectivity index (χ1n) is 9.51. The summed E-state index contributed by atoms with van der Waals surface area (Å²) in [7, 11) is 0. The van der Waals surface area contributed by atoms with Crippen LogP contribution in [-0.2, 0) is 9.59 Å². The van der Waals surface area contributed by atoms with Gasteiger partial charge in [0.05, 0.1) is 25.8 Å². The number of hydrogen-bond donors (Lipinski definition) is 2. The van der Waals surface area contributed by atoms with E-state index in [9.17, 15) is 9.59 Å². The Morgan fingerprint density at radius 1 is 1.12 bits per heavy atom. The fraction of sp³-hybridized carbons (Fsp3) is 0.600.